The van der Waals surface area contributed by atoms with E-state index in [-0.39, 0.29) is 41.5 Å². The van der Waals surface area contributed by atoms with Gasteiger partial charge in [0.15, 0.2) is 0 Å². The number of likely N-dealkylation sites (tertiary alicyclic amines) is 1. The number of hydrogen-bond acceptors (Lipinski definition) is 5. The molecule has 8 heteroatoms. The van der Waals surface area contributed by atoms with Gasteiger partial charge in [0.1, 0.15) is 6.04 Å². The molecule has 4 heterocycles. The molecule has 2 fully saturated rings. The lowest BCUT2D eigenvalue weighted by Gasteiger charge is -2.41. The maximum absolute atomic E-state index is 14.3. The van der Waals surface area contributed by atoms with E-state index in [4.69, 9.17) is 0 Å². The fraction of sp³-hybridized carbons (Fsp3) is 0.741. The summed E-state index contributed by atoms with van der Waals surface area (Å²) >= 11 is 1.61. The van der Waals surface area contributed by atoms with Crippen molar-refractivity contribution in [2.75, 3.05) is 26.2 Å². The summed E-state index contributed by atoms with van der Waals surface area (Å²) in [7, 11) is 0. The van der Waals surface area contributed by atoms with E-state index < -0.39 is 28.7 Å². The molecule has 1 spiro atoms. The summed E-state index contributed by atoms with van der Waals surface area (Å²) in [4.78, 5) is 47.8. The maximum atomic E-state index is 14.3. The fourth-order valence-electron chi connectivity index (χ4n) is 6.56. The lowest BCUT2D eigenvalue weighted by molar-refractivity contribution is -0.148. The highest BCUT2D eigenvalue weighted by molar-refractivity contribution is 8.02. The number of nitrogens with zero attached hydrogens (tertiary/aromatic N) is 3. The molecule has 4 rings (SSSR count). The molecule has 7 atom stereocenters. The van der Waals surface area contributed by atoms with Crippen molar-refractivity contribution in [1.29, 1.82) is 0 Å². The Hall–Kier alpha value is -1.80. The summed E-state index contributed by atoms with van der Waals surface area (Å²) in [6.45, 7) is 11.7. The second kappa shape index (κ2) is 10.3. The van der Waals surface area contributed by atoms with Crippen LogP contribution in [-0.2, 0) is 14.4 Å². The average Bonchev–Trinajstić information content (AvgIpc) is 3.12. The predicted molar refractivity (Wildman–Crippen MR) is 139 cm³/mol. The van der Waals surface area contributed by atoms with Crippen LogP contribution in [0.4, 0.5) is 0 Å². The standard InChI is InChI=1S/C27H41N3O4S/c1-6-10-18(5)29-15-9-12-27-22(21-20(35-27)11-8-14-28(13-7-2)24(21)32)25(33)30(23(27)26(29)34)19(16-31)17(3)4/h8-9,11-12,17-23,31H,6-7,10,13-16H2,1-5H3/t18?,19-,20-,21+,22-,23?,27-/m0/s1. The van der Waals surface area contributed by atoms with Gasteiger partial charge in [-0.2, -0.15) is 0 Å². The SMILES string of the molecule is CCCC(C)N1CC=C[C@]23S[C@H]4C=CCN(CCC)C(=O)[C@H]4[C@H]2C(=O)N([C@@H](CO)C(C)C)C3C1=O. The largest absolute Gasteiger partial charge is 0.394 e. The zero-order chi connectivity index (χ0) is 25.5. The van der Waals surface area contributed by atoms with Gasteiger partial charge in [0, 0.05) is 30.9 Å². The van der Waals surface area contributed by atoms with Crippen LogP contribution < -0.4 is 0 Å². The first kappa shape index (κ1) is 26.3. The van der Waals surface area contributed by atoms with Gasteiger partial charge in [0.05, 0.1) is 29.2 Å². The van der Waals surface area contributed by atoms with Crippen molar-refractivity contribution < 1.29 is 19.5 Å². The molecule has 2 unspecified atom stereocenters. The minimum absolute atomic E-state index is 0.0107. The highest BCUT2D eigenvalue weighted by Crippen LogP contribution is 2.61. The van der Waals surface area contributed by atoms with E-state index in [2.05, 4.69) is 32.9 Å². The van der Waals surface area contributed by atoms with Crippen LogP contribution in [0.3, 0.4) is 0 Å². The molecule has 7 nitrogen and oxygen atoms in total. The van der Waals surface area contributed by atoms with E-state index in [0.29, 0.717) is 19.6 Å². The lowest BCUT2D eigenvalue weighted by atomic mass is 9.78. The Morgan fingerprint density at radius 2 is 1.80 bits per heavy atom. The maximum Gasteiger partial charge on any atom is 0.247 e. The minimum Gasteiger partial charge on any atom is -0.394 e. The summed E-state index contributed by atoms with van der Waals surface area (Å²) in [6, 6.07) is -1.15. The smallest absolute Gasteiger partial charge is 0.247 e. The molecule has 4 aliphatic rings. The summed E-state index contributed by atoms with van der Waals surface area (Å²) in [6.07, 6.45) is 10.9. The van der Waals surface area contributed by atoms with Crippen LogP contribution in [0.2, 0.25) is 0 Å². The van der Waals surface area contributed by atoms with E-state index in [1.807, 2.05) is 35.8 Å². The van der Waals surface area contributed by atoms with Gasteiger partial charge in [-0.05, 0) is 25.7 Å². The molecule has 2 saturated heterocycles. The molecule has 0 aromatic carbocycles. The van der Waals surface area contributed by atoms with Gasteiger partial charge in [-0.3, -0.25) is 14.4 Å². The molecule has 0 aromatic heterocycles. The number of thioether (sulfide) groups is 1. The zero-order valence-corrected chi connectivity index (χ0v) is 22.5. The second-order valence-corrected chi connectivity index (χ2v) is 12.3. The Balaban J connectivity index is 1.84. The van der Waals surface area contributed by atoms with Crippen molar-refractivity contribution >= 4 is 29.5 Å². The van der Waals surface area contributed by atoms with E-state index in [1.54, 1.807) is 16.7 Å². The molecule has 35 heavy (non-hydrogen) atoms. The van der Waals surface area contributed by atoms with Crippen LogP contribution in [0.15, 0.2) is 24.3 Å². The van der Waals surface area contributed by atoms with Gasteiger partial charge >= 0.3 is 0 Å². The van der Waals surface area contributed by atoms with E-state index in [1.165, 1.54) is 0 Å². The Labute approximate surface area is 214 Å². The molecule has 3 amide bonds. The second-order valence-electron chi connectivity index (χ2n) is 10.8. The van der Waals surface area contributed by atoms with Gasteiger partial charge < -0.3 is 19.8 Å². The lowest BCUT2D eigenvalue weighted by Crippen LogP contribution is -2.58. The molecule has 1 N–H and O–H groups in total. The molecule has 194 valence electrons. The molecular weight excluding hydrogens is 462 g/mol. The summed E-state index contributed by atoms with van der Waals surface area (Å²) in [5.74, 6) is -1.36. The predicted octanol–water partition coefficient (Wildman–Crippen LogP) is 2.70. The Morgan fingerprint density at radius 3 is 2.43 bits per heavy atom. The van der Waals surface area contributed by atoms with E-state index in [9.17, 15) is 19.5 Å². The molecule has 0 radical (unpaired) electrons. The Bertz CT molecular complexity index is 905. The third-order valence-electron chi connectivity index (χ3n) is 8.26. The minimum atomic E-state index is -0.818. The molecule has 0 aliphatic carbocycles. The van der Waals surface area contributed by atoms with E-state index >= 15 is 0 Å². The monoisotopic (exact) mass is 503 g/mol. The third-order valence-corrected chi connectivity index (χ3v) is 10.0. The summed E-state index contributed by atoms with van der Waals surface area (Å²) < 4.78 is -0.818. The van der Waals surface area contributed by atoms with Gasteiger partial charge in [0.25, 0.3) is 0 Å². The number of carbonyl (C=O) groups is 3. The van der Waals surface area contributed by atoms with Crippen molar-refractivity contribution in [3.8, 4) is 0 Å². The van der Waals surface area contributed by atoms with Gasteiger partial charge in [-0.25, -0.2) is 0 Å². The van der Waals surface area contributed by atoms with Crippen molar-refractivity contribution in [2.24, 2.45) is 17.8 Å². The molecular formula is C27H41N3O4S. The highest BCUT2D eigenvalue weighted by Gasteiger charge is 2.71. The van der Waals surface area contributed by atoms with Crippen LogP contribution in [-0.4, -0.2) is 91.9 Å². The third kappa shape index (κ3) is 4.14. The van der Waals surface area contributed by atoms with Gasteiger partial charge in [0.2, 0.25) is 17.7 Å². The zero-order valence-electron chi connectivity index (χ0n) is 21.7. The van der Waals surface area contributed by atoms with Crippen molar-refractivity contribution in [1.82, 2.24) is 14.7 Å². The average molecular weight is 504 g/mol. The molecule has 0 saturated carbocycles. The number of aliphatic hydroxyl groups is 1. The number of carbonyl (C=O) groups excluding carboxylic acids is 3. The van der Waals surface area contributed by atoms with Crippen LogP contribution in [0.25, 0.3) is 0 Å². The number of aliphatic hydroxyl groups excluding tert-OH is 1. The number of amides is 3. The summed E-state index contributed by atoms with van der Waals surface area (Å²) in [5, 5.41) is 10.2. The first-order chi connectivity index (χ1) is 16.7. The van der Waals surface area contributed by atoms with Gasteiger partial charge in [-0.1, -0.05) is 58.4 Å². The quantitative estimate of drug-likeness (QED) is 0.515. The molecule has 4 aliphatic heterocycles. The number of rotatable bonds is 8. The number of hydrogen-bond donors (Lipinski definition) is 1. The summed E-state index contributed by atoms with van der Waals surface area (Å²) in [5.41, 5.74) is 0. The van der Waals surface area contributed by atoms with Crippen molar-refractivity contribution in [2.45, 2.75) is 82.0 Å². The van der Waals surface area contributed by atoms with Crippen LogP contribution in [0.5, 0.6) is 0 Å². The van der Waals surface area contributed by atoms with Crippen LogP contribution in [0, 0.1) is 17.8 Å². The highest BCUT2D eigenvalue weighted by atomic mass is 32.2. The van der Waals surface area contributed by atoms with Crippen LogP contribution in [0.1, 0.15) is 53.9 Å². The first-order valence-electron chi connectivity index (χ1n) is 13.3. The van der Waals surface area contributed by atoms with Crippen LogP contribution >= 0.6 is 11.8 Å². The molecule has 0 bridgehead atoms. The van der Waals surface area contributed by atoms with Crippen molar-refractivity contribution in [3.05, 3.63) is 24.3 Å². The molecule has 0 aromatic rings. The fourth-order valence-corrected chi connectivity index (χ4v) is 8.56. The normalized spacial score (nSPS) is 34.1. The first-order valence-corrected chi connectivity index (χ1v) is 14.2. The number of fused-ring (bicyclic) bond motifs is 2. The van der Waals surface area contributed by atoms with Crippen molar-refractivity contribution in [3.63, 3.8) is 0 Å². The van der Waals surface area contributed by atoms with E-state index in [0.717, 1.165) is 19.3 Å². The van der Waals surface area contributed by atoms with Gasteiger partial charge in [-0.15, -0.1) is 11.8 Å². The Kier molecular flexibility index (Phi) is 7.72. The Morgan fingerprint density at radius 1 is 1.06 bits per heavy atom. The topological polar surface area (TPSA) is 81.2 Å².